The van der Waals surface area contributed by atoms with Crippen LogP contribution in [0.3, 0.4) is 0 Å². The van der Waals surface area contributed by atoms with E-state index in [1.54, 1.807) is 0 Å². The van der Waals surface area contributed by atoms with Crippen molar-refractivity contribution in [1.29, 1.82) is 0 Å². The lowest BCUT2D eigenvalue weighted by Gasteiger charge is -2.33. The smallest absolute Gasteiger partial charge is 0.185 e. The zero-order valence-corrected chi connectivity index (χ0v) is 14.5. The van der Waals surface area contributed by atoms with Crippen LogP contribution in [-0.4, -0.2) is 24.6 Å². The van der Waals surface area contributed by atoms with Crippen LogP contribution in [0.5, 0.6) is 0 Å². The zero-order chi connectivity index (χ0) is 14.8. The van der Waals surface area contributed by atoms with Gasteiger partial charge in [-0.2, -0.15) is 0 Å². The maximum atomic E-state index is 5.02. The summed E-state index contributed by atoms with van der Waals surface area (Å²) in [6.07, 6.45) is 8.09. The molecule has 2 aliphatic carbocycles. The molecule has 1 N–H and O–H groups in total. The Hall–Kier alpha value is -0.610. The lowest BCUT2D eigenvalue weighted by Crippen LogP contribution is -2.34. The molecule has 2 saturated carbocycles. The fraction of sp³-hybridized carbons (Fsp3) is 0.824. The minimum absolute atomic E-state index is 0.700. The minimum atomic E-state index is 0.700. The molecule has 0 atom stereocenters. The van der Waals surface area contributed by atoms with E-state index < -0.39 is 0 Å². The summed E-state index contributed by atoms with van der Waals surface area (Å²) in [7, 11) is 2.26. The van der Waals surface area contributed by atoms with Crippen LogP contribution in [0.15, 0.2) is 0 Å². The van der Waals surface area contributed by atoms with E-state index in [-0.39, 0.29) is 0 Å². The van der Waals surface area contributed by atoms with Gasteiger partial charge in [0.15, 0.2) is 5.13 Å². The van der Waals surface area contributed by atoms with E-state index in [1.807, 2.05) is 11.3 Å². The predicted octanol–water partition coefficient (Wildman–Crippen LogP) is 4.14. The normalized spacial score (nSPS) is 26.0. The Kier molecular flexibility index (Phi) is 4.85. The third-order valence-electron chi connectivity index (χ3n) is 5.05. The molecule has 2 fully saturated rings. The number of nitrogens with zero attached hydrogens (tertiary/aromatic N) is 2. The second kappa shape index (κ2) is 6.66. The quantitative estimate of drug-likeness (QED) is 0.856. The van der Waals surface area contributed by atoms with Gasteiger partial charge in [0.1, 0.15) is 0 Å². The first-order valence-corrected chi connectivity index (χ1v) is 9.43. The number of thiazole rings is 1. The molecule has 0 amide bonds. The minimum Gasteiger partial charge on any atom is -0.348 e. The van der Waals surface area contributed by atoms with Gasteiger partial charge < -0.3 is 10.2 Å². The fourth-order valence-corrected chi connectivity index (χ4v) is 4.48. The van der Waals surface area contributed by atoms with Crippen molar-refractivity contribution in [2.75, 3.05) is 18.5 Å². The van der Waals surface area contributed by atoms with Crippen LogP contribution >= 0.6 is 11.3 Å². The van der Waals surface area contributed by atoms with Crippen molar-refractivity contribution in [3.8, 4) is 0 Å². The second-order valence-electron chi connectivity index (χ2n) is 6.88. The Bertz CT molecular complexity index is 459. The second-order valence-corrected chi connectivity index (χ2v) is 7.95. The molecule has 1 heterocycles. The summed E-state index contributed by atoms with van der Waals surface area (Å²) in [5.74, 6) is 1.67. The Morgan fingerprint density at radius 3 is 2.52 bits per heavy atom. The molecule has 0 bridgehead atoms. The molecule has 0 spiro atoms. The molecule has 4 heteroatoms. The summed E-state index contributed by atoms with van der Waals surface area (Å²) in [5, 5.41) is 4.73. The van der Waals surface area contributed by atoms with Gasteiger partial charge in [-0.1, -0.05) is 13.8 Å². The Morgan fingerprint density at radius 1 is 1.19 bits per heavy atom. The highest BCUT2D eigenvalue weighted by Crippen LogP contribution is 2.44. The summed E-state index contributed by atoms with van der Waals surface area (Å²) in [5.41, 5.74) is 1.40. The van der Waals surface area contributed by atoms with Crippen molar-refractivity contribution in [2.45, 2.75) is 70.9 Å². The first kappa shape index (κ1) is 15.3. The monoisotopic (exact) mass is 307 g/mol. The van der Waals surface area contributed by atoms with Gasteiger partial charge in [-0.15, -0.1) is 11.3 Å². The molecule has 1 aromatic heterocycles. The number of anilines is 1. The third-order valence-corrected chi connectivity index (χ3v) is 6.21. The summed E-state index contributed by atoms with van der Waals surface area (Å²) < 4.78 is 0. The lowest BCUT2D eigenvalue weighted by molar-refractivity contribution is 0.340. The Morgan fingerprint density at radius 2 is 1.90 bits per heavy atom. The van der Waals surface area contributed by atoms with Crippen LogP contribution in [0.2, 0.25) is 0 Å². The van der Waals surface area contributed by atoms with Crippen LogP contribution < -0.4 is 10.2 Å². The van der Waals surface area contributed by atoms with E-state index in [0.29, 0.717) is 6.04 Å². The average molecular weight is 308 g/mol. The van der Waals surface area contributed by atoms with Crippen molar-refractivity contribution in [3.63, 3.8) is 0 Å². The van der Waals surface area contributed by atoms with E-state index in [2.05, 4.69) is 31.1 Å². The van der Waals surface area contributed by atoms with E-state index in [0.717, 1.165) is 24.9 Å². The molecule has 3 nitrogen and oxygen atoms in total. The van der Waals surface area contributed by atoms with E-state index in [9.17, 15) is 0 Å². The van der Waals surface area contributed by atoms with E-state index in [1.165, 1.54) is 54.2 Å². The molecule has 3 rings (SSSR count). The molecule has 2 aliphatic rings. The fourth-order valence-electron chi connectivity index (χ4n) is 3.33. The zero-order valence-electron chi connectivity index (χ0n) is 13.7. The predicted molar refractivity (Wildman–Crippen MR) is 91.3 cm³/mol. The Balaban J connectivity index is 1.71. The standard InChI is InChI=1S/C17H29N3S/c1-4-18-11-15-16(13-7-8-13)19-17(21-15)20(3)14-9-5-12(2)6-10-14/h12-14,18H,4-11H2,1-3H3. The van der Waals surface area contributed by atoms with Crippen LogP contribution in [0.25, 0.3) is 0 Å². The largest absolute Gasteiger partial charge is 0.348 e. The SMILES string of the molecule is CCNCc1sc(N(C)C2CCC(C)CC2)nc1C1CC1. The number of hydrogen-bond donors (Lipinski definition) is 1. The highest BCUT2D eigenvalue weighted by molar-refractivity contribution is 7.15. The highest BCUT2D eigenvalue weighted by Gasteiger charge is 2.31. The van der Waals surface area contributed by atoms with E-state index in [4.69, 9.17) is 4.98 Å². The molecule has 0 aliphatic heterocycles. The van der Waals surface area contributed by atoms with Gasteiger partial charge in [0, 0.05) is 30.4 Å². The van der Waals surface area contributed by atoms with Gasteiger partial charge in [0.25, 0.3) is 0 Å². The maximum Gasteiger partial charge on any atom is 0.185 e. The van der Waals surface area contributed by atoms with Crippen LogP contribution in [0.4, 0.5) is 5.13 Å². The van der Waals surface area contributed by atoms with Gasteiger partial charge in [0.05, 0.1) is 5.69 Å². The van der Waals surface area contributed by atoms with Crippen molar-refractivity contribution in [1.82, 2.24) is 10.3 Å². The van der Waals surface area contributed by atoms with Crippen LogP contribution in [0.1, 0.15) is 68.9 Å². The number of aromatic nitrogens is 1. The van der Waals surface area contributed by atoms with Gasteiger partial charge in [-0.3, -0.25) is 0 Å². The first-order valence-electron chi connectivity index (χ1n) is 8.62. The highest BCUT2D eigenvalue weighted by atomic mass is 32.1. The molecular formula is C17H29N3S. The molecule has 21 heavy (non-hydrogen) atoms. The Labute approximate surface area is 133 Å². The number of nitrogens with one attached hydrogen (secondary N) is 1. The number of hydrogen-bond acceptors (Lipinski definition) is 4. The van der Waals surface area contributed by atoms with E-state index >= 15 is 0 Å². The van der Waals surface area contributed by atoms with Crippen molar-refractivity contribution >= 4 is 16.5 Å². The molecule has 0 radical (unpaired) electrons. The molecule has 0 aromatic carbocycles. The summed E-state index contributed by atoms with van der Waals surface area (Å²) >= 11 is 1.92. The summed E-state index contributed by atoms with van der Waals surface area (Å²) in [6.45, 7) is 6.59. The molecule has 0 saturated heterocycles. The molecule has 0 unspecified atom stereocenters. The van der Waals surface area contributed by atoms with Crippen molar-refractivity contribution < 1.29 is 0 Å². The van der Waals surface area contributed by atoms with Gasteiger partial charge in [-0.25, -0.2) is 4.98 Å². The first-order chi connectivity index (χ1) is 10.2. The van der Waals surface area contributed by atoms with Gasteiger partial charge >= 0.3 is 0 Å². The molecule has 118 valence electrons. The maximum absolute atomic E-state index is 5.02. The van der Waals surface area contributed by atoms with Crippen LogP contribution in [-0.2, 0) is 6.54 Å². The lowest BCUT2D eigenvalue weighted by atomic mass is 9.87. The summed E-state index contributed by atoms with van der Waals surface area (Å²) in [4.78, 5) is 8.97. The van der Waals surface area contributed by atoms with Crippen molar-refractivity contribution in [2.24, 2.45) is 5.92 Å². The topological polar surface area (TPSA) is 28.2 Å². The average Bonchev–Trinajstić information content (AvgIpc) is 3.25. The van der Waals surface area contributed by atoms with Gasteiger partial charge in [0.2, 0.25) is 0 Å². The summed E-state index contributed by atoms with van der Waals surface area (Å²) in [6, 6.07) is 0.700. The van der Waals surface area contributed by atoms with Crippen molar-refractivity contribution in [3.05, 3.63) is 10.6 Å². The number of rotatable bonds is 6. The van der Waals surface area contributed by atoms with Crippen LogP contribution in [0, 0.1) is 5.92 Å². The third kappa shape index (κ3) is 3.59. The molecular weight excluding hydrogens is 278 g/mol. The van der Waals surface area contributed by atoms with Gasteiger partial charge in [-0.05, 0) is 51.0 Å². The molecule has 1 aromatic rings.